The second-order valence-electron chi connectivity index (χ2n) is 5.36. The van der Waals surface area contributed by atoms with Crippen molar-refractivity contribution in [1.29, 1.82) is 0 Å². The number of rotatable bonds is 2. The van der Waals surface area contributed by atoms with E-state index in [-0.39, 0.29) is 0 Å². The highest BCUT2D eigenvalue weighted by Gasteiger charge is 2.37. The molecule has 1 aromatic heterocycles. The fraction of sp³-hybridized carbons (Fsp3) is 0.833. The second kappa shape index (κ2) is 4.38. The molecule has 0 amide bonds. The molecule has 0 aromatic carbocycles. The summed E-state index contributed by atoms with van der Waals surface area (Å²) in [6, 6.07) is 0. The average Bonchev–Trinajstić information content (AvgIpc) is 2.89. The van der Waals surface area contributed by atoms with Crippen LogP contribution in [-0.4, -0.2) is 40.2 Å². The molecule has 2 aliphatic rings. The highest BCUT2D eigenvalue weighted by atomic mass is 16.5. The SMILES string of the molecule is Cc1noc(CN2CCNC3(CCCC3)C2)n1. The Morgan fingerprint density at radius 2 is 2.24 bits per heavy atom. The van der Waals surface area contributed by atoms with Crippen LogP contribution in [0.25, 0.3) is 0 Å². The highest BCUT2D eigenvalue weighted by molar-refractivity contribution is 4.98. The lowest BCUT2D eigenvalue weighted by Crippen LogP contribution is -2.58. The van der Waals surface area contributed by atoms with Crippen molar-refractivity contribution in [3.8, 4) is 0 Å². The van der Waals surface area contributed by atoms with Gasteiger partial charge in [0.15, 0.2) is 5.82 Å². The van der Waals surface area contributed by atoms with E-state index < -0.39 is 0 Å². The van der Waals surface area contributed by atoms with Gasteiger partial charge in [0, 0.05) is 25.2 Å². The summed E-state index contributed by atoms with van der Waals surface area (Å²) in [5, 5.41) is 7.55. The van der Waals surface area contributed by atoms with Crippen molar-refractivity contribution < 1.29 is 4.52 Å². The van der Waals surface area contributed by atoms with E-state index in [0.717, 1.165) is 37.9 Å². The van der Waals surface area contributed by atoms with Crippen LogP contribution in [-0.2, 0) is 6.54 Å². The Kier molecular flexibility index (Phi) is 2.88. The van der Waals surface area contributed by atoms with E-state index in [0.29, 0.717) is 5.54 Å². The molecule has 17 heavy (non-hydrogen) atoms. The Morgan fingerprint density at radius 3 is 2.94 bits per heavy atom. The Bertz CT molecular complexity index is 384. The zero-order valence-electron chi connectivity index (χ0n) is 10.4. The van der Waals surface area contributed by atoms with Crippen LogP contribution in [0.4, 0.5) is 0 Å². The van der Waals surface area contributed by atoms with E-state index in [4.69, 9.17) is 4.52 Å². The normalized spacial score (nSPS) is 24.5. The average molecular weight is 236 g/mol. The van der Waals surface area contributed by atoms with Crippen LogP contribution in [0.1, 0.15) is 37.4 Å². The Balaban J connectivity index is 1.64. The molecule has 0 radical (unpaired) electrons. The van der Waals surface area contributed by atoms with Gasteiger partial charge in [-0.2, -0.15) is 4.98 Å². The molecule has 5 heteroatoms. The van der Waals surface area contributed by atoms with Crippen LogP contribution in [0.3, 0.4) is 0 Å². The first-order valence-electron chi connectivity index (χ1n) is 6.52. The summed E-state index contributed by atoms with van der Waals surface area (Å²) in [6.07, 6.45) is 5.35. The van der Waals surface area contributed by atoms with E-state index in [1.807, 2.05) is 6.92 Å². The maximum absolute atomic E-state index is 5.19. The predicted octanol–water partition coefficient (Wildman–Crippen LogP) is 1.10. The van der Waals surface area contributed by atoms with Gasteiger partial charge in [0.25, 0.3) is 0 Å². The van der Waals surface area contributed by atoms with Gasteiger partial charge in [-0.05, 0) is 19.8 Å². The van der Waals surface area contributed by atoms with Crippen molar-refractivity contribution in [2.45, 2.75) is 44.7 Å². The highest BCUT2D eigenvalue weighted by Crippen LogP contribution is 2.32. The molecular weight excluding hydrogens is 216 g/mol. The summed E-state index contributed by atoms with van der Waals surface area (Å²) in [5.74, 6) is 1.48. The van der Waals surface area contributed by atoms with E-state index in [2.05, 4.69) is 20.4 Å². The molecule has 0 bridgehead atoms. The third-order valence-corrected chi connectivity index (χ3v) is 3.94. The minimum atomic E-state index is 0.368. The van der Waals surface area contributed by atoms with Crippen molar-refractivity contribution in [1.82, 2.24) is 20.4 Å². The minimum absolute atomic E-state index is 0.368. The number of piperazine rings is 1. The third kappa shape index (κ3) is 2.35. The first-order valence-corrected chi connectivity index (χ1v) is 6.52. The molecular formula is C12H20N4O. The molecule has 5 nitrogen and oxygen atoms in total. The number of aromatic nitrogens is 2. The minimum Gasteiger partial charge on any atom is -0.338 e. The standard InChI is InChI=1S/C12H20N4O/c1-10-14-11(17-15-10)8-16-7-6-13-12(9-16)4-2-3-5-12/h13H,2-9H2,1H3. The molecule has 1 saturated heterocycles. The summed E-state index contributed by atoms with van der Waals surface area (Å²) in [5.41, 5.74) is 0.368. The summed E-state index contributed by atoms with van der Waals surface area (Å²) in [4.78, 5) is 6.72. The van der Waals surface area contributed by atoms with E-state index in [1.165, 1.54) is 25.7 Å². The first-order chi connectivity index (χ1) is 8.26. The van der Waals surface area contributed by atoms with Gasteiger partial charge in [-0.25, -0.2) is 0 Å². The summed E-state index contributed by atoms with van der Waals surface area (Å²) in [7, 11) is 0. The van der Waals surface area contributed by atoms with E-state index in [1.54, 1.807) is 0 Å². The lowest BCUT2D eigenvalue weighted by Gasteiger charge is -2.41. The third-order valence-electron chi connectivity index (χ3n) is 3.94. The largest absolute Gasteiger partial charge is 0.338 e. The second-order valence-corrected chi connectivity index (χ2v) is 5.36. The van der Waals surface area contributed by atoms with Crippen LogP contribution in [0.5, 0.6) is 0 Å². The Hall–Kier alpha value is -0.940. The first kappa shape index (κ1) is 11.2. The van der Waals surface area contributed by atoms with Crippen molar-refractivity contribution in [2.24, 2.45) is 0 Å². The van der Waals surface area contributed by atoms with Crippen molar-refractivity contribution in [2.75, 3.05) is 19.6 Å². The predicted molar refractivity (Wildman–Crippen MR) is 63.5 cm³/mol. The molecule has 1 N–H and O–H groups in total. The molecule has 3 rings (SSSR count). The van der Waals surface area contributed by atoms with Gasteiger partial charge in [0.1, 0.15) is 0 Å². The van der Waals surface area contributed by atoms with Crippen LogP contribution in [0.15, 0.2) is 4.52 Å². The van der Waals surface area contributed by atoms with Crippen LogP contribution in [0.2, 0.25) is 0 Å². The smallest absolute Gasteiger partial charge is 0.240 e. The Morgan fingerprint density at radius 1 is 1.41 bits per heavy atom. The molecule has 2 fully saturated rings. The van der Waals surface area contributed by atoms with Gasteiger partial charge >= 0.3 is 0 Å². The topological polar surface area (TPSA) is 54.2 Å². The number of hydrogen-bond acceptors (Lipinski definition) is 5. The molecule has 1 aliphatic heterocycles. The summed E-state index contributed by atoms with van der Waals surface area (Å²) < 4.78 is 5.19. The van der Waals surface area contributed by atoms with Crippen molar-refractivity contribution in [3.63, 3.8) is 0 Å². The zero-order valence-corrected chi connectivity index (χ0v) is 10.4. The van der Waals surface area contributed by atoms with Crippen molar-refractivity contribution in [3.05, 3.63) is 11.7 Å². The summed E-state index contributed by atoms with van der Waals surface area (Å²) in [6.45, 7) is 5.93. The molecule has 1 spiro atoms. The maximum atomic E-state index is 5.19. The van der Waals surface area contributed by atoms with Gasteiger partial charge in [0.2, 0.25) is 5.89 Å². The van der Waals surface area contributed by atoms with E-state index >= 15 is 0 Å². The lowest BCUT2D eigenvalue weighted by molar-refractivity contribution is 0.117. The number of hydrogen-bond donors (Lipinski definition) is 1. The quantitative estimate of drug-likeness (QED) is 0.833. The summed E-state index contributed by atoms with van der Waals surface area (Å²) >= 11 is 0. The van der Waals surface area contributed by atoms with Crippen LogP contribution >= 0.6 is 0 Å². The molecule has 1 aromatic rings. The lowest BCUT2D eigenvalue weighted by atomic mass is 9.94. The van der Waals surface area contributed by atoms with Crippen molar-refractivity contribution >= 4 is 0 Å². The molecule has 94 valence electrons. The van der Waals surface area contributed by atoms with Crippen LogP contribution in [0, 0.1) is 6.92 Å². The molecule has 0 unspecified atom stereocenters. The number of nitrogens with zero attached hydrogens (tertiary/aromatic N) is 3. The van der Waals surface area contributed by atoms with Gasteiger partial charge in [0.05, 0.1) is 6.54 Å². The maximum Gasteiger partial charge on any atom is 0.240 e. The van der Waals surface area contributed by atoms with Crippen LogP contribution < -0.4 is 5.32 Å². The molecule has 1 saturated carbocycles. The molecule has 1 aliphatic carbocycles. The molecule has 0 atom stereocenters. The molecule has 2 heterocycles. The van der Waals surface area contributed by atoms with Gasteiger partial charge in [-0.15, -0.1) is 0 Å². The zero-order chi connectivity index (χ0) is 11.7. The van der Waals surface area contributed by atoms with Gasteiger partial charge in [-0.3, -0.25) is 4.90 Å². The van der Waals surface area contributed by atoms with E-state index in [9.17, 15) is 0 Å². The monoisotopic (exact) mass is 236 g/mol. The number of aryl methyl sites for hydroxylation is 1. The number of nitrogens with one attached hydrogen (secondary N) is 1. The fourth-order valence-electron chi connectivity index (χ4n) is 3.16. The fourth-order valence-corrected chi connectivity index (χ4v) is 3.16. The Labute approximate surface area is 102 Å². The van der Waals surface area contributed by atoms with Gasteiger partial charge in [-0.1, -0.05) is 18.0 Å². The van der Waals surface area contributed by atoms with Gasteiger partial charge < -0.3 is 9.84 Å².